The lowest BCUT2D eigenvalue weighted by molar-refractivity contribution is -0.577. The quantitative estimate of drug-likeness (QED) is 0.711. The number of Topliss-reactive ketones (excluding diaryl/α,β-unsaturated/α-hetero) is 2. The number of aromatic nitrogens is 1. The maximum atomic E-state index is 13.3. The van der Waals surface area contributed by atoms with Crippen LogP contribution in [0.15, 0.2) is 78.8 Å². The van der Waals surface area contributed by atoms with Gasteiger partial charge >= 0.3 is 0 Å². The number of carbonyl (C=O) groups excluding carboxylic acids is 2. The molecule has 2 aromatic carbocycles. The lowest BCUT2D eigenvalue weighted by Gasteiger charge is -2.18. The molecule has 0 amide bonds. The van der Waals surface area contributed by atoms with Gasteiger partial charge in [0.25, 0.3) is 11.5 Å². The molecule has 3 aromatic rings. The van der Waals surface area contributed by atoms with Crippen LogP contribution in [0.4, 0.5) is 5.69 Å². The fourth-order valence-corrected chi connectivity index (χ4v) is 3.19. The number of methoxy groups -OCH3 is 1. The Kier molecular flexibility index (Phi) is 4.49. The number of aryl methyl sites for hydroxylation is 1. The second-order valence-electron chi connectivity index (χ2n) is 6.56. The van der Waals surface area contributed by atoms with Gasteiger partial charge in [-0.25, -0.2) is 0 Å². The van der Waals surface area contributed by atoms with E-state index in [-0.39, 0.29) is 17.3 Å². The molecule has 5 nitrogen and oxygen atoms in total. The first-order chi connectivity index (χ1) is 13.6. The third-order valence-electron chi connectivity index (χ3n) is 4.71. The number of allylic oxidation sites excluding steroid dienone is 2. The number of anilines is 1. The van der Waals surface area contributed by atoms with E-state index in [1.807, 2.05) is 31.2 Å². The van der Waals surface area contributed by atoms with Gasteiger partial charge in [0.05, 0.1) is 7.11 Å². The van der Waals surface area contributed by atoms with Crippen LogP contribution in [0.2, 0.25) is 0 Å². The zero-order chi connectivity index (χ0) is 19.7. The minimum Gasteiger partial charge on any atom is -0.497 e. The van der Waals surface area contributed by atoms with Crippen LogP contribution in [-0.4, -0.2) is 18.7 Å². The van der Waals surface area contributed by atoms with Gasteiger partial charge in [-0.15, -0.1) is 0 Å². The van der Waals surface area contributed by atoms with E-state index in [1.54, 1.807) is 60.5 Å². The molecule has 0 saturated heterocycles. The summed E-state index contributed by atoms with van der Waals surface area (Å²) in [5, 5.41) is 3.15. The Bertz CT molecular complexity index is 1100. The number of benzene rings is 2. The maximum absolute atomic E-state index is 13.3. The number of pyridine rings is 1. The van der Waals surface area contributed by atoms with Crippen LogP contribution in [0.1, 0.15) is 26.3 Å². The molecule has 28 heavy (non-hydrogen) atoms. The molecule has 1 heterocycles. The molecule has 0 saturated carbocycles. The first-order valence-electron chi connectivity index (χ1n) is 8.90. The summed E-state index contributed by atoms with van der Waals surface area (Å²) in [7, 11) is 1.59. The molecule has 1 aliphatic rings. The minimum absolute atomic E-state index is 0.194. The summed E-state index contributed by atoms with van der Waals surface area (Å²) in [5.41, 5.74) is 3.14. The van der Waals surface area contributed by atoms with Crippen molar-refractivity contribution in [3.63, 3.8) is 0 Å². The Morgan fingerprint density at radius 2 is 1.43 bits per heavy atom. The molecule has 0 radical (unpaired) electrons. The van der Waals surface area contributed by atoms with E-state index in [2.05, 4.69) is 5.32 Å². The number of rotatable bonds is 4. The highest BCUT2D eigenvalue weighted by Gasteiger charge is 2.38. The summed E-state index contributed by atoms with van der Waals surface area (Å²) in [6, 6.07) is 17.9. The zero-order valence-electron chi connectivity index (χ0n) is 15.6. The number of nitrogens with zero attached hydrogens (tertiary/aromatic N) is 1. The number of fused-ring (bicyclic) bond motifs is 1. The summed E-state index contributed by atoms with van der Waals surface area (Å²) in [6.07, 6.45) is 3.58. The minimum atomic E-state index is -0.214. The van der Waals surface area contributed by atoms with Crippen molar-refractivity contribution in [2.75, 3.05) is 12.4 Å². The number of ether oxygens (including phenoxy) is 1. The van der Waals surface area contributed by atoms with Gasteiger partial charge in [0.1, 0.15) is 5.75 Å². The smallest absolute Gasteiger partial charge is 0.286 e. The summed E-state index contributed by atoms with van der Waals surface area (Å²) in [4.78, 5) is 26.5. The number of nitrogens with one attached hydrogen (secondary N) is 1. The molecule has 0 aliphatic heterocycles. The molecule has 0 bridgehead atoms. The van der Waals surface area contributed by atoms with E-state index in [9.17, 15) is 9.59 Å². The highest BCUT2D eigenvalue weighted by Crippen LogP contribution is 2.28. The van der Waals surface area contributed by atoms with Crippen LogP contribution in [-0.2, 0) is 0 Å². The third kappa shape index (κ3) is 3.07. The van der Waals surface area contributed by atoms with Gasteiger partial charge in [0.2, 0.25) is 5.78 Å². The lowest BCUT2D eigenvalue weighted by Crippen LogP contribution is -2.42. The van der Waals surface area contributed by atoms with E-state index < -0.39 is 0 Å². The van der Waals surface area contributed by atoms with Gasteiger partial charge in [-0.2, -0.15) is 4.57 Å². The Morgan fingerprint density at radius 1 is 0.821 bits per heavy atom. The second-order valence-corrected chi connectivity index (χ2v) is 6.56. The van der Waals surface area contributed by atoms with Gasteiger partial charge in [-0.3, -0.25) is 9.59 Å². The fourth-order valence-electron chi connectivity index (χ4n) is 3.19. The third-order valence-corrected chi connectivity index (χ3v) is 4.71. The van der Waals surface area contributed by atoms with Gasteiger partial charge in [0.15, 0.2) is 18.1 Å². The van der Waals surface area contributed by atoms with E-state index in [4.69, 9.17) is 4.74 Å². The van der Waals surface area contributed by atoms with Crippen molar-refractivity contribution in [1.29, 1.82) is 0 Å². The first-order valence-corrected chi connectivity index (χ1v) is 8.90. The summed E-state index contributed by atoms with van der Waals surface area (Å²) >= 11 is 0. The standard InChI is InChI=1S/C23H18N2O3/c1-15-11-13-25(14-12-15)21-20(24-16-7-9-17(28-2)10-8-16)22(26)18-5-3-4-6-19(18)23(21)27/h3-14H,1-2H3/p+1. The molecule has 0 spiro atoms. The molecule has 1 N–H and O–H groups in total. The van der Waals surface area contributed by atoms with Gasteiger partial charge in [-0.05, 0) is 36.8 Å². The fraction of sp³-hybridized carbons (Fsp3) is 0.0870. The SMILES string of the molecule is COc1ccc(NC2=C([n+]3ccc(C)cc3)C(=O)c3ccccc3C2=O)cc1. The molecule has 1 aliphatic carbocycles. The van der Waals surface area contributed by atoms with Crippen LogP contribution in [0.3, 0.4) is 0 Å². The normalized spacial score (nSPS) is 13.4. The van der Waals surface area contributed by atoms with Crippen molar-refractivity contribution in [3.8, 4) is 5.75 Å². The Balaban J connectivity index is 1.86. The predicted octanol–water partition coefficient (Wildman–Crippen LogP) is 3.65. The van der Waals surface area contributed by atoms with Crippen LogP contribution < -0.4 is 14.6 Å². The summed E-state index contributed by atoms with van der Waals surface area (Å²) in [5.74, 6) is 0.304. The van der Waals surface area contributed by atoms with Crippen molar-refractivity contribution in [3.05, 3.63) is 95.4 Å². The Hall–Kier alpha value is -3.73. The Labute approximate surface area is 162 Å². The number of hydrogen-bond acceptors (Lipinski definition) is 4. The molecular formula is C23H19N2O3+. The number of hydrogen-bond donors (Lipinski definition) is 1. The maximum Gasteiger partial charge on any atom is 0.286 e. The molecule has 0 unspecified atom stereocenters. The van der Waals surface area contributed by atoms with E-state index >= 15 is 0 Å². The van der Waals surface area contributed by atoms with Gasteiger partial charge in [-0.1, -0.05) is 24.3 Å². The van der Waals surface area contributed by atoms with Gasteiger partial charge < -0.3 is 10.1 Å². The van der Waals surface area contributed by atoms with Crippen molar-refractivity contribution in [2.24, 2.45) is 0 Å². The molecule has 4 rings (SSSR count). The van der Waals surface area contributed by atoms with Crippen molar-refractivity contribution < 1.29 is 18.9 Å². The van der Waals surface area contributed by atoms with Crippen LogP contribution in [0.25, 0.3) is 5.70 Å². The second kappa shape index (κ2) is 7.12. The molecule has 0 atom stereocenters. The highest BCUT2D eigenvalue weighted by atomic mass is 16.5. The first kappa shape index (κ1) is 17.7. The van der Waals surface area contributed by atoms with Crippen LogP contribution in [0, 0.1) is 6.92 Å². The molecular weight excluding hydrogens is 352 g/mol. The highest BCUT2D eigenvalue weighted by molar-refractivity contribution is 6.36. The molecule has 0 fully saturated rings. The van der Waals surface area contributed by atoms with Crippen LogP contribution in [0.5, 0.6) is 5.75 Å². The lowest BCUT2D eigenvalue weighted by atomic mass is 9.90. The van der Waals surface area contributed by atoms with Crippen molar-refractivity contribution >= 4 is 23.0 Å². The average Bonchev–Trinajstić information content (AvgIpc) is 2.73. The topological polar surface area (TPSA) is 59.3 Å². The Morgan fingerprint density at radius 3 is 2.04 bits per heavy atom. The monoisotopic (exact) mass is 371 g/mol. The largest absolute Gasteiger partial charge is 0.497 e. The van der Waals surface area contributed by atoms with Crippen LogP contribution >= 0.6 is 0 Å². The van der Waals surface area contributed by atoms with E-state index in [0.717, 1.165) is 5.56 Å². The number of carbonyl (C=O) groups is 2. The summed E-state index contributed by atoms with van der Waals surface area (Å²) in [6.45, 7) is 1.97. The van der Waals surface area contributed by atoms with Crippen molar-refractivity contribution in [2.45, 2.75) is 6.92 Å². The number of ketones is 2. The summed E-state index contributed by atoms with van der Waals surface area (Å²) < 4.78 is 6.87. The molecule has 5 heteroatoms. The van der Waals surface area contributed by atoms with Crippen molar-refractivity contribution in [1.82, 2.24) is 0 Å². The van der Waals surface area contributed by atoms with E-state index in [0.29, 0.717) is 28.3 Å². The molecule has 138 valence electrons. The average molecular weight is 371 g/mol. The van der Waals surface area contributed by atoms with Gasteiger partial charge in [0, 0.05) is 28.9 Å². The van der Waals surface area contributed by atoms with E-state index in [1.165, 1.54) is 0 Å². The zero-order valence-corrected chi connectivity index (χ0v) is 15.6. The predicted molar refractivity (Wildman–Crippen MR) is 106 cm³/mol. The molecule has 1 aromatic heterocycles.